The molecule has 1 aromatic heterocycles. The molecule has 0 spiro atoms. The minimum Gasteiger partial charge on any atom is -0.356 e. The monoisotopic (exact) mass is 425 g/mol. The number of hydrogen-bond donors (Lipinski definition) is 1. The standard InChI is InChI=1S/C23H24ClN3OS/c1-15(13-25-16(2)28)17-3-5-18(6-4-17)23-22(14-27(26-23)20-9-10-20)29-21-11-7-19(24)8-12-21/h3-8,11-12,14-15,20H,9-10,13H2,1-2H3,(H,25,28). The molecule has 0 saturated heterocycles. The molecule has 4 nitrogen and oxygen atoms in total. The third kappa shape index (κ3) is 5.03. The SMILES string of the molecule is CC(=O)NCC(C)c1ccc(-c2nn(C3CC3)cc2Sc2ccc(Cl)cc2)cc1. The molecule has 3 aromatic rings. The van der Waals surface area contributed by atoms with Gasteiger partial charge in [0.2, 0.25) is 5.91 Å². The second kappa shape index (κ2) is 8.64. The van der Waals surface area contributed by atoms with Gasteiger partial charge in [0, 0.05) is 35.1 Å². The van der Waals surface area contributed by atoms with Crippen molar-refractivity contribution in [2.75, 3.05) is 6.54 Å². The van der Waals surface area contributed by atoms with Crippen LogP contribution in [0.1, 0.15) is 44.2 Å². The van der Waals surface area contributed by atoms with Gasteiger partial charge in [-0.2, -0.15) is 5.10 Å². The zero-order valence-corrected chi connectivity index (χ0v) is 18.1. The van der Waals surface area contributed by atoms with Gasteiger partial charge < -0.3 is 5.32 Å². The maximum absolute atomic E-state index is 11.2. The van der Waals surface area contributed by atoms with Crippen molar-refractivity contribution in [1.29, 1.82) is 0 Å². The summed E-state index contributed by atoms with van der Waals surface area (Å²) in [5, 5.41) is 8.53. The zero-order chi connectivity index (χ0) is 20.4. The Kier molecular flexibility index (Phi) is 5.97. The lowest BCUT2D eigenvalue weighted by atomic mass is 9.99. The van der Waals surface area contributed by atoms with E-state index in [0.29, 0.717) is 12.6 Å². The van der Waals surface area contributed by atoms with Crippen molar-refractivity contribution < 1.29 is 4.79 Å². The normalized spacial score (nSPS) is 14.6. The molecule has 4 rings (SSSR count). The number of hydrogen-bond acceptors (Lipinski definition) is 3. The number of amides is 1. The number of nitrogens with zero attached hydrogens (tertiary/aromatic N) is 2. The Morgan fingerprint density at radius 3 is 2.52 bits per heavy atom. The van der Waals surface area contributed by atoms with Crippen molar-refractivity contribution in [2.24, 2.45) is 0 Å². The largest absolute Gasteiger partial charge is 0.356 e. The van der Waals surface area contributed by atoms with Gasteiger partial charge in [-0.05, 0) is 48.6 Å². The van der Waals surface area contributed by atoms with Crippen molar-refractivity contribution in [2.45, 2.75) is 48.4 Å². The first-order valence-corrected chi connectivity index (χ1v) is 11.1. The zero-order valence-electron chi connectivity index (χ0n) is 16.6. The molecule has 29 heavy (non-hydrogen) atoms. The van der Waals surface area contributed by atoms with E-state index in [9.17, 15) is 4.79 Å². The number of rotatable bonds is 7. The number of carbonyl (C=O) groups is 1. The summed E-state index contributed by atoms with van der Waals surface area (Å²) >= 11 is 7.74. The maximum atomic E-state index is 11.2. The predicted octanol–water partition coefficient (Wildman–Crippen LogP) is 5.93. The molecule has 1 fully saturated rings. The smallest absolute Gasteiger partial charge is 0.216 e. The first-order chi connectivity index (χ1) is 14.0. The Balaban J connectivity index is 1.58. The van der Waals surface area contributed by atoms with Crippen molar-refractivity contribution in [3.05, 3.63) is 65.3 Å². The summed E-state index contributed by atoms with van der Waals surface area (Å²) in [5.41, 5.74) is 3.32. The quantitative estimate of drug-likeness (QED) is 0.510. The molecule has 1 atom stereocenters. The van der Waals surface area contributed by atoms with E-state index in [4.69, 9.17) is 16.7 Å². The summed E-state index contributed by atoms with van der Waals surface area (Å²) in [5.74, 6) is 0.267. The lowest BCUT2D eigenvalue weighted by molar-refractivity contribution is -0.119. The topological polar surface area (TPSA) is 46.9 Å². The van der Waals surface area contributed by atoms with E-state index in [0.717, 1.165) is 26.1 Å². The van der Waals surface area contributed by atoms with Crippen LogP contribution in [0.15, 0.2) is 64.5 Å². The van der Waals surface area contributed by atoms with Gasteiger partial charge in [-0.3, -0.25) is 9.48 Å². The van der Waals surface area contributed by atoms with E-state index >= 15 is 0 Å². The van der Waals surface area contributed by atoms with Crippen LogP contribution in [0.3, 0.4) is 0 Å². The number of carbonyl (C=O) groups excluding carboxylic acids is 1. The second-order valence-electron chi connectivity index (χ2n) is 7.57. The molecule has 0 radical (unpaired) electrons. The van der Waals surface area contributed by atoms with Gasteiger partial charge in [0.1, 0.15) is 5.69 Å². The molecule has 1 aliphatic carbocycles. The predicted molar refractivity (Wildman–Crippen MR) is 119 cm³/mol. The van der Waals surface area contributed by atoms with E-state index in [2.05, 4.69) is 47.4 Å². The molecule has 1 unspecified atom stereocenters. The van der Waals surface area contributed by atoms with Crippen LogP contribution in [0.25, 0.3) is 11.3 Å². The van der Waals surface area contributed by atoms with Crippen LogP contribution in [0, 0.1) is 0 Å². The van der Waals surface area contributed by atoms with Gasteiger partial charge in [0.25, 0.3) is 0 Å². The van der Waals surface area contributed by atoms with Crippen LogP contribution in [-0.2, 0) is 4.79 Å². The van der Waals surface area contributed by atoms with Gasteiger partial charge >= 0.3 is 0 Å². The molecule has 0 bridgehead atoms. The Labute approximate surface area is 180 Å². The van der Waals surface area contributed by atoms with Crippen molar-refractivity contribution >= 4 is 29.3 Å². The summed E-state index contributed by atoms with van der Waals surface area (Å²) in [6.07, 6.45) is 4.57. The Bertz CT molecular complexity index is 994. The van der Waals surface area contributed by atoms with Gasteiger partial charge in [0.05, 0.1) is 10.9 Å². The fourth-order valence-electron chi connectivity index (χ4n) is 3.19. The molecule has 1 N–H and O–H groups in total. The molecule has 1 saturated carbocycles. The highest BCUT2D eigenvalue weighted by atomic mass is 35.5. The fourth-order valence-corrected chi connectivity index (χ4v) is 4.26. The van der Waals surface area contributed by atoms with E-state index in [1.807, 2.05) is 24.3 Å². The highest BCUT2D eigenvalue weighted by Crippen LogP contribution is 2.40. The van der Waals surface area contributed by atoms with Crippen LogP contribution in [0.4, 0.5) is 0 Å². The molecule has 1 amide bonds. The lowest BCUT2D eigenvalue weighted by Gasteiger charge is -2.13. The van der Waals surface area contributed by atoms with Gasteiger partial charge in [-0.1, -0.05) is 54.6 Å². The Morgan fingerprint density at radius 1 is 1.21 bits per heavy atom. The minimum atomic E-state index is 0.00273. The minimum absolute atomic E-state index is 0.00273. The molecule has 6 heteroatoms. The lowest BCUT2D eigenvalue weighted by Crippen LogP contribution is -2.24. The first kappa shape index (κ1) is 20.0. The Morgan fingerprint density at radius 2 is 1.90 bits per heavy atom. The van der Waals surface area contributed by atoms with Crippen molar-refractivity contribution in [1.82, 2.24) is 15.1 Å². The summed E-state index contributed by atoms with van der Waals surface area (Å²) < 4.78 is 2.11. The summed E-state index contributed by atoms with van der Waals surface area (Å²) in [4.78, 5) is 13.5. The number of nitrogens with one attached hydrogen (secondary N) is 1. The van der Waals surface area contributed by atoms with E-state index in [1.54, 1.807) is 18.7 Å². The fraction of sp³-hybridized carbons (Fsp3) is 0.304. The molecule has 1 aliphatic rings. The highest BCUT2D eigenvalue weighted by molar-refractivity contribution is 7.99. The van der Waals surface area contributed by atoms with E-state index in [-0.39, 0.29) is 11.8 Å². The molecule has 150 valence electrons. The molecular formula is C23H24ClN3OS. The number of aromatic nitrogens is 2. The summed E-state index contributed by atoms with van der Waals surface area (Å²) in [6.45, 7) is 4.31. The summed E-state index contributed by atoms with van der Waals surface area (Å²) in [6, 6.07) is 17.0. The first-order valence-electron chi connectivity index (χ1n) is 9.87. The highest BCUT2D eigenvalue weighted by Gasteiger charge is 2.26. The average molecular weight is 426 g/mol. The van der Waals surface area contributed by atoms with Gasteiger partial charge in [0.15, 0.2) is 0 Å². The van der Waals surface area contributed by atoms with Crippen LogP contribution < -0.4 is 5.32 Å². The number of halogens is 1. The molecular weight excluding hydrogens is 402 g/mol. The van der Waals surface area contributed by atoms with Crippen molar-refractivity contribution in [3.63, 3.8) is 0 Å². The average Bonchev–Trinajstić information content (AvgIpc) is 3.49. The second-order valence-corrected chi connectivity index (χ2v) is 9.12. The molecule has 2 aromatic carbocycles. The van der Waals surface area contributed by atoms with Crippen LogP contribution in [-0.4, -0.2) is 22.2 Å². The maximum Gasteiger partial charge on any atom is 0.216 e. The van der Waals surface area contributed by atoms with Crippen LogP contribution in [0.5, 0.6) is 0 Å². The van der Waals surface area contributed by atoms with Gasteiger partial charge in [-0.25, -0.2) is 0 Å². The molecule has 1 heterocycles. The molecule has 0 aliphatic heterocycles. The van der Waals surface area contributed by atoms with E-state index in [1.165, 1.54) is 18.4 Å². The Hall–Kier alpha value is -2.24. The third-order valence-electron chi connectivity index (χ3n) is 5.07. The van der Waals surface area contributed by atoms with E-state index < -0.39 is 0 Å². The number of benzene rings is 2. The third-order valence-corrected chi connectivity index (χ3v) is 6.35. The van der Waals surface area contributed by atoms with Gasteiger partial charge in [-0.15, -0.1) is 0 Å². The van der Waals surface area contributed by atoms with Crippen LogP contribution >= 0.6 is 23.4 Å². The van der Waals surface area contributed by atoms with Crippen LogP contribution in [0.2, 0.25) is 5.02 Å². The van der Waals surface area contributed by atoms with Crippen molar-refractivity contribution in [3.8, 4) is 11.3 Å². The summed E-state index contributed by atoms with van der Waals surface area (Å²) in [7, 11) is 0.